The molecule has 0 atom stereocenters. The first kappa shape index (κ1) is 16.6. The summed E-state index contributed by atoms with van der Waals surface area (Å²) in [5, 5.41) is 13.8. The highest BCUT2D eigenvalue weighted by Gasteiger charge is 2.39. The third-order valence-electron chi connectivity index (χ3n) is 4.58. The highest BCUT2D eigenvalue weighted by Crippen LogP contribution is 2.42. The minimum absolute atomic E-state index is 0.324. The van der Waals surface area contributed by atoms with Crippen LogP contribution in [0, 0.1) is 22.7 Å². The molecule has 1 saturated carbocycles. The van der Waals surface area contributed by atoms with E-state index in [0.717, 1.165) is 35.8 Å². The highest BCUT2D eigenvalue weighted by atomic mass is 79.9. The van der Waals surface area contributed by atoms with Crippen molar-refractivity contribution in [1.82, 2.24) is 0 Å². The molecule has 0 unspecified atom stereocenters. The summed E-state index contributed by atoms with van der Waals surface area (Å²) in [5.41, 5.74) is 0.821. The standard InChI is InChI=1S/C17H22BrClN2/c1-16(2,3)12-6-8-17(11-20,9-7-12)21-13-4-5-15(19)14(18)10-13/h4-5,10,12,21H,6-9H2,1-3H3. The largest absolute Gasteiger partial charge is 0.367 e. The fourth-order valence-electron chi connectivity index (χ4n) is 3.09. The molecule has 21 heavy (non-hydrogen) atoms. The van der Waals surface area contributed by atoms with Gasteiger partial charge in [0, 0.05) is 10.2 Å². The Morgan fingerprint density at radius 3 is 2.43 bits per heavy atom. The summed E-state index contributed by atoms with van der Waals surface area (Å²) >= 11 is 9.45. The second kappa shape index (κ2) is 6.18. The van der Waals surface area contributed by atoms with Crippen molar-refractivity contribution < 1.29 is 0 Å². The van der Waals surface area contributed by atoms with Crippen LogP contribution < -0.4 is 5.32 Å². The molecule has 0 aromatic heterocycles. The molecule has 0 heterocycles. The zero-order valence-corrected chi connectivity index (χ0v) is 15.2. The average molecular weight is 370 g/mol. The molecule has 4 heteroatoms. The van der Waals surface area contributed by atoms with E-state index in [0.29, 0.717) is 16.4 Å². The Bertz CT molecular complexity index is 549. The first-order valence-electron chi connectivity index (χ1n) is 7.40. The third-order valence-corrected chi connectivity index (χ3v) is 5.80. The molecule has 1 aromatic rings. The van der Waals surface area contributed by atoms with Gasteiger partial charge in [0.25, 0.3) is 0 Å². The molecule has 0 radical (unpaired) electrons. The average Bonchev–Trinajstić information content (AvgIpc) is 2.42. The van der Waals surface area contributed by atoms with Crippen LogP contribution in [-0.4, -0.2) is 5.54 Å². The summed E-state index contributed by atoms with van der Waals surface area (Å²) in [5.74, 6) is 0.692. The summed E-state index contributed by atoms with van der Waals surface area (Å²) < 4.78 is 0.852. The van der Waals surface area contributed by atoms with E-state index in [9.17, 15) is 5.26 Å². The Morgan fingerprint density at radius 2 is 1.95 bits per heavy atom. The fraction of sp³-hybridized carbons (Fsp3) is 0.588. The molecule has 2 nitrogen and oxygen atoms in total. The monoisotopic (exact) mass is 368 g/mol. The Hall–Kier alpha value is -0.720. The SMILES string of the molecule is CC(C)(C)C1CCC(C#N)(Nc2ccc(Cl)c(Br)c2)CC1. The van der Waals surface area contributed by atoms with E-state index < -0.39 is 5.54 Å². The Labute approximate surface area is 141 Å². The molecular weight excluding hydrogens is 348 g/mol. The van der Waals surface area contributed by atoms with Gasteiger partial charge in [-0.05, 0) is 71.1 Å². The number of rotatable bonds is 2. The lowest BCUT2D eigenvalue weighted by atomic mass is 9.67. The Morgan fingerprint density at radius 1 is 1.33 bits per heavy atom. The molecular formula is C17H22BrClN2. The minimum Gasteiger partial charge on any atom is -0.367 e. The van der Waals surface area contributed by atoms with E-state index >= 15 is 0 Å². The molecule has 0 spiro atoms. The third kappa shape index (κ3) is 3.93. The number of hydrogen-bond donors (Lipinski definition) is 1. The summed E-state index contributed by atoms with van der Waals surface area (Å²) in [7, 11) is 0. The first-order valence-corrected chi connectivity index (χ1v) is 8.57. The maximum Gasteiger partial charge on any atom is 0.125 e. The van der Waals surface area contributed by atoms with Crippen LogP contribution in [0.5, 0.6) is 0 Å². The van der Waals surface area contributed by atoms with Gasteiger partial charge < -0.3 is 5.32 Å². The van der Waals surface area contributed by atoms with Crippen LogP contribution in [-0.2, 0) is 0 Å². The maximum atomic E-state index is 9.67. The molecule has 2 rings (SSSR count). The number of benzene rings is 1. The van der Waals surface area contributed by atoms with E-state index in [1.807, 2.05) is 18.2 Å². The molecule has 114 valence electrons. The van der Waals surface area contributed by atoms with E-state index in [4.69, 9.17) is 11.6 Å². The van der Waals surface area contributed by atoms with Crippen molar-refractivity contribution in [1.29, 1.82) is 5.26 Å². The van der Waals surface area contributed by atoms with Gasteiger partial charge in [-0.1, -0.05) is 32.4 Å². The van der Waals surface area contributed by atoms with Gasteiger partial charge in [-0.2, -0.15) is 5.26 Å². The van der Waals surface area contributed by atoms with Gasteiger partial charge in [0.15, 0.2) is 0 Å². The van der Waals surface area contributed by atoms with Gasteiger partial charge in [-0.15, -0.1) is 0 Å². The van der Waals surface area contributed by atoms with Gasteiger partial charge >= 0.3 is 0 Å². The molecule has 1 aliphatic rings. The van der Waals surface area contributed by atoms with Crippen molar-refractivity contribution >= 4 is 33.2 Å². The number of halogens is 2. The zero-order valence-electron chi connectivity index (χ0n) is 12.8. The maximum absolute atomic E-state index is 9.67. The fourth-order valence-corrected chi connectivity index (χ4v) is 3.59. The molecule has 0 saturated heterocycles. The van der Waals surface area contributed by atoms with Crippen LogP contribution in [0.3, 0.4) is 0 Å². The van der Waals surface area contributed by atoms with Crippen molar-refractivity contribution in [3.63, 3.8) is 0 Å². The summed E-state index contributed by atoms with van der Waals surface area (Å²) in [6.45, 7) is 6.88. The van der Waals surface area contributed by atoms with Crippen LogP contribution in [0.25, 0.3) is 0 Å². The number of nitrogens with zero attached hydrogens (tertiary/aromatic N) is 1. The van der Waals surface area contributed by atoms with Gasteiger partial charge in [0.1, 0.15) is 5.54 Å². The molecule has 0 bridgehead atoms. The molecule has 1 N–H and O–H groups in total. The molecule has 1 aliphatic carbocycles. The van der Waals surface area contributed by atoms with Crippen molar-refractivity contribution in [3.05, 3.63) is 27.7 Å². The van der Waals surface area contributed by atoms with Gasteiger partial charge in [0.05, 0.1) is 11.1 Å². The number of hydrogen-bond acceptors (Lipinski definition) is 2. The van der Waals surface area contributed by atoms with Gasteiger partial charge in [-0.3, -0.25) is 0 Å². The second-order valence-corrected chi connectivity index (χ2v) is 8.35. The van der Waals surface area contributed by atoms with Crippen LogP contribution >= 0.6 is 27.5 Å². The van der Waals surface area contributed by atoms with Gasteiger partial charge in [-0.25, -0.2) is 0 Å². The normalized spacial score (nSPS) is 26.2. The lowest BCUT2D eigenvalue weighted by Crippen LogP contribution is -2.42. The smallest absolute Gasteiger partial charge is 0.125 e. The van der Waals surface area contributed by atoms with Crippen LogP contribution in [0.1, 0.15) is 46.5 Å². The predicted molar refractivity (Wildman–Crippen MR) is 92.5 cm³/mol. The van der Waals surface area contributed by atoms with E-state index in [-0.39, 0.29) is 0 Å². The van der Waals surface area contributed by atoms with Crippen molar-refractivity contribution in [3.8, 4) is 6.07 Å². The summed E-state index contributed by atoms with van der Waals surface area (Å²) in [6, 6.07) is 8.23. The highest BCUT2D eigenvalue weighted by molar-refractivity contribution is 9.10. The van der Waals surface area contributed by atoms with Gasteiger partial charge in [0.2, 0.25) is 0 Å². The Balaban J connectivity index is 2.10. The summed E-state index contributed by atoms with van der Waals surface area (Å²) in [4.78, 5) is 0. The number of anilines is 1. The van der Waals surface area contributed by atoms with Crippen molar-refractivity contribution in [2.75, 3.05) is 5.32 Å². The molecule has 0 aliphatic heterocycles. The lowest BCUT2D eigenvalue weighted by molar-refractivity contribution is 0.159. The van der Waals surface area contributed by atoms with Crippen LogP contribution in [0.4, 0.5) is 5.69 Å². The van der Waals surface area contributed by atoms with E-state index in [2.05, 4.69) is 48.1 Å². The summed E-state index contributed by atoms with van der Waals surface area (Å²) in [6.07, 6.45) is 3.98. The van der Waals surface area contributed by atoms with Crippen molar-refractivity contribution in [2.45, 2.75) is 52.0 Å². The molecule has 1 fully saturated rings. The first-order chi connectivity index (χ1) is 9.76. The molecule has 1 aromatic carbocycles. The topological polar surface area (TPSA) is 35.8 Å². The molecule has 0 amide bonds. The Kier molecular flexibility index (Phi) is 4.90. The number of nitriles is 1. The minimum atomic E-state index is -0.449. The predicted octanol–water partition coefficient (Wildman–Crippen LogP) is 6.01. The van der Waals surface area contributed by atoms with Crippen molar-refractivity contribution in [2.24, 2.45) is 11.3 Å². The lowest BCUT2D eigenvalue weighted by Gasteiger charge is -2.41. The zero-order chi connectivity index (χ0) is 15.7. The number of nitrogens with one attached hydrogen (secondary N) is 1. The quantitative estimate of drug-likeness (QED) is 0.692. The van der Waals surface area contributed by atoms with Crippen LogP contribution in [0.2, 0.25) is 5.02 Å². The van der Waals surface area contributed by atoms with E-state index in [1.165, 1.54) is 0 Å². The van der Waals surface area contributed by atoms with E-state index in [1.54, 1.807) is 0 Å². The van der Waals surface area contributed by atoms with Crippen LogP contribution in [0.15, 0.2) is 22.7 Å². The second-order valence-electron chi connectivity index (χ2n) is 7.09.